The van der Waals surface area contributed by atoms with Crippen molar-refractivity contribution in [2.45, 2.75) is 52.4 Å². The minimum Gasteiger partial charge on any atom is -0.0774 e. The molecule has 0 radical (unpaired) electrons. The molecule has 1 aliphatic rings. The highest BCUT2D eigenvalue weighted by molar-refractivity contribution is 5.75. The Kier molecular flexibility index (Phi) is 5.91. The fourth-order valence-electron chi connectivity index (χ4n) is 3.74. The Bertz CT molecular complexity index is 718. The zero-order valence-corrected chi connectivity index (χ0v) is 15.7. The molecule has 0 N–H and O–H groups in total. The predicted molar refractivity (Wildman–Crippen MR) is 110 cm³/mol. The van der Waals surface area contributed by atoms with Gasteiger partial charge in [0.2, 0.25) is 0 Å². The van der Waals surface area contributed by atoms with Crippen LogP contribution in [0.15, 0.2) is 72.8 Å². The van der Waals surface area contributed by atoms with Gasteiger partial charge >= 0.3 is 0 Å². The molecule has 0 spiro atoms. The molecule has 0 heterocycles. The van der Waals surface area contributed by atoms with E-state index in [0.29, 0.717) is 5.41 Å². The van der Waals surface area contributed by atoms with E-state index >= 15 is 0 Å². The van der Waals surface area contributed by atoms with Gasteiger partial charge in [0.25, 0.3) is 0 Å². The van der Waals surface area contributed by atoms with Crippen LogP contribution in [0.4, 0.5) is 0 Å². The topological polar surface area (TPSA) is 0 Å². The Morgan fingerprint density at radius 1 is 0.840 bits per heavy atom. The lowest BCUT2D eigenvalue weighted by Crippen LogP contribution is -2.19. The van der Waals surface area contributed by atoms with Crippen LogP contribution in [0.1, 0.15) is 56.2 Å². The molecule has 1 unspecified atom stereocenters. The highest BCUT2D eigenvalue weighted by Crippen LogP contribution is 2.39. The molecule has 0 saturated heterocycles. The smallest absolute Gasteiger partial charge is 0.00796 e. The van der Waals surface area contributed by atoms with Crippen LogP contribution in [0.25, 0.3) is 5.57 Å². The van der Waals surface area contributed by atoms with E-state index in [1.165, 1.54) is 54.4 Å². The Labute approximate surface area is 153 Å². The zero-order chi connectivity index (χ0) is 17.5. The minimum absolute atomic E-state index is 0.320. The van der Waals surface area contributed by atoms with Crippen molar-refractivity contribution in [3.63, 3.8) is 0 Å². The summed E-state index contributed by atoms with van der Waals surface area (Å²) in [6.07, 6.45) is 14.4. The largest absolute Gasteiger partial charge is 0.0774 e. The van der Waals surface area contributed by atoms with Crippen LogP contribution in [-0.2, 0) is 12.8 Å². The lowest BCUT2D eigenvalue weighted by molar-refractivity contribution is 0.339. The van der Waals surface area contributed by atoms with Gasteiger partial charge in [-0.25, -0.2) is 0 Å². The number of hydrogen-bond donors (Lipinski definition) is 0. The average Bonchev–Trinajstić information content (AvgIpc) is 2.69. The lowest BCUT2D eigenvalue weighted by atomic mass is 9.73. The molecule has 0 aromatic heterocycles. The second-order valence-electron chi connectivity index (χ2n) is 7.35. The van der Waals surface area contributed by atoms with Crippen LogP contribution in [0.2, 0.25) is 0 Å². The summed E-state index contributed by atoms with van der Waals surface area (Å²) in [5.41, 5.74) is 5.95. The highest BCUT2D eigenvalue weighted by atomic mass is 14.3. The van der Waals surface area contributed by atoms with Crippen LogP contribution in [-0.4, -0.2) is 0 Å². The van der Waals surface area contributed by atoms with Crippen molar-refractivity contribution < 1.29 is 0 Å². The van der Waals surface area contributed by atoms with Crippen LogP contribution in [0, 0.1) is 5.41 Å². The summed E-state index contributed by atoms with van der Waals surface area (Å²) in [5, 5.41) is 0. The third kappa shape index (κ3) is 4.51. The van der Waals surface area contributed by atoms with E-state index in [1.807, 2.05) is 0 Å². The molecule has 25 heavy (non-hydrogen) atoms. The molecule has 1 atom stereocenters. The van der Waals surface area contributed by atoms with E-state index in [9.17, 15) is 0 Å². The summed E-state index contributed by atoms with van der Waals surface area (Å²) >= 11 is 0. The molecule has 0 nitrogen and oxygen atoms in total. The number of rotatable bonds is 7. The standard InChI is InChI=1S/C25H30/c1-3-8-21-11-13-22(14-12-21)15-18-25(4-2)19-16-24(17-20-25)23-9-6-5-7-10-23/h5-7,9-14,16-17,19H,3-4,8,15,18,20H2,1-2H3. The third-order valence-corrected chi connectivity index (χ3v) is 5.63. The molecule has 1 aliphatic carbocycles. The quantitative estimate of drug-likeness (QED) is 0.512. The second-order valence-corrected chi connectivity index (χ2v) is 7.35. The first kappa shape index (κ1) is 17.7. The molecule has 0 bridgehead atoms. The Morgan fingerprint density at radius 3 is 2.08 bits per heavy atom. The van der Waals surface area contributed by atoms with E-state index in [2.05, 4.69) is 86.7 Å². The normalized spacial score (nSPS) is 19.7. The van der Waals surface area contributed by atoms with Crippen LogP contribution in [0.3, 0.4) is 0 Å². The van der Waals surface area contributed by atoms with Crippen LogP contribution in [0.5, 0.6) is 0 Å². The van der Waals surface area contributed by atoms with Gasteiger partial charge in [-0.2, -0.15) is 0 Å². The van der Waals surface area contributed by atoms with Gasteiger partial charge in [-0.1, -0.05) is 93.1 Å². The molecule has 0 amide bonds. The Hall–Kier alpha value is -2.08. The van der Waals surface area contributed by atoms with Gasteiger partial charge in [0.15, 0.2) is 0 Å². The van der Waals surface area contributed by atoms with Crippen molar-refractivity contribution in [3.8, 4) is 0 Å². The van der Waals surface area contributed by atoms with E-state index < -0.39 is 0 Å². The Balaban J connectivity index is 1.63. The first-order chi connectivity index (χ1) is 12.2. The van der Waals surface area contributed by atoms with E-state index in [0.717, 1.165) is 6.42 Å². The van der Waals surface area contributed by atoms with E-state index in [-0.39, 0.29) is 0 Å². The van der Waals surface area contributed by atoms with Gasteiger partial charge in [-0.05, 0) is 59.8 Å². The highest BCUT2D eigenvalue weighted by Gasteiger charge is 2.26. The zero-order valence-electron chi connectivity index (χ0n) is 15.7. The molecule has 3 rings (SSSR count). The number of hydrogen-bond acceptors (Lipinski definition) is 0. The maximum absolute atomic E-state index is 2.47. The molecular formula is C25H30. The summed E-state index contributed by atoms with van der Waals surface area (Å²) in [4.78, 5) is 0. The lowest BCUT2D eigenvalue weighted by Gasteiger charge is -2.31. The average molecular weight is 331 g/mol. The molecule has 0 saturated carbocycles. The number of aryl methyl sites for hydroxylation is 2. The third-order valence-electron chi connectivity index (χ3n) is 5.63. The maximum Gasteiger partial charge on any atom is -0.00796 e. The van der Waals surface area contributed by atoms with Gasteiger partial charge in [-0.3, -0.25) is 0 Å². The van der Waals surface area contributed by atoms with Crippen molar-refractivity contribution in [2.24, 2.45) is 5.41 Å². The summed E-state index contributed by atoms with van der Waals surface area (Å²) in [5.74, 6) is 0. The van der Waals surface area contributed by atoms with Gasteiger partial charge in [0.1, 0.15) is 0 Å². The summed E-state index contributed by atoms with van der Waals surface area (Å²) in [6.45, 7) is 4.57. The molecule has 2 aromatic carbocycles. The van der Waals surface area contributed by atoms with Crippen molar-refractivity contribution in [3.05, 3.63) is 89.5 Å². The van der Waals surface area contributed by atoms with Gasteiger partial charge in [-0.15, -0.1) is 0 Å². The second kappa shape index (κ2) is 8.34. The van der Waals surface area contributed by atoms with Crippen molar-refractivity contribution >= 4 is 5.57 Å². The minimum atomic E-state index is 0.320. The SMILES string of the molecule is CCCc1ccc(CCC2(CC)C=CC(c3ccccc3)=CC2)cc1. The molecule has 0 heteroatoms. The van der Waals surface area contributed by atoms with E-state index in [4.69, 9.17) is 0 Å². The van der Waals surface area contributed by atoms with Crippen molar-refractivity contribution in [1.29, 1.82) is 0 Å². The predicted octanol–water partition coefficient (Wildman–Crippen LogP) is 7.01. The number of benzene rings is 2. The monoisotopic (exact) mass is 330 g/mol. The molecular weight excluding hydrogens is 300 g/mol. The van der Waals surface area contributed by atoms with Crippen LogP contribution < -0.4 is 0 Å². The maximum atomic E-state index is 2.47. The first-order valence-corrected chi connectivity index (χ1v) is 9.77. The molecule has 130 valence electrons. The molecule has 2 aromatic rings. The molecule has 0 fully saturated rings. The number of allylic oxidation sites excluding steroid dienone is 4. The van der Waals surface area contributed by atoms with E-state index in [1.54, 1.807) is 0 Å². The summed E-state index contributed by atoms with van der Waals surface area (Å²) < 4.78 is 0. The fraction of sp³-hybridized carbons (Fsp3) is 0.360. The molecule has 0 aliphatic heterocycles. The van der Waals surface area contributed by atoms with Gasteiger partial charge in [0.05, 0.1) is 0 Å². The van der Waals surface area contributed by atoms with Gasteiger partial charge in [0, 0.05) is 0 Å². The summed E-state index contributed by atoms with van der Waals surface area (Å²) in [7, 11) is 0. The first-order valence-electron chi connectivity index (χ1n) is 9.77. The fourth-order valence-corrected chi connectivity index (χ4v) is 3.74. The van der Waals surface area contributed by atoms with Gasteiger partial charge < -0.3 is 0 Å². The summed E-state index contributed by atoms with van der Waals surface area (Å²) in [6, 6.07) is 20.0. The van der Waals surface area contributed by atoms with Crippen molar-refractivity contribution in [2.75, 3.05) is 0 Å². The van der Waals surface area contributed by atoms with Crippen LogP contribution >= 0.6 is 0 Å². The van der Waals surface area contributed by atoms with Crippen molar-refractivity contribution in [1.82, 2.24) is 0 Å². The Morgan fingerprint density at radius 2 is 1.52 bits per heavy atom.